The molecular formula is C17H27BrO. The lowest BCUT2D eigenvalue weighted by Gasteiger charge is -2.09. The number of hydrogen-bond donors (Lipinski definition) is 0. The van der Waals surface area contributed by atoms with Gasteiger partial charge in [-0.15, -0.1) is 0 Å². The van der Waals surface area contributed by atoms with E-state index in [0.29, 0.717) is 0 Å². The van der Waals surface area contributed by atoms with E-state index >= 15 is 0 Å². The average molecular weight is 327 g/mol. The quantitative estimate of drug-likeness (QED) is 0.460. The zero-order valence-corrected chi connectivity index (χ0v) is 14.0. The molecule has 0 aliphatic rings. The van der Waals surface area contributed by atoms with Crippen LogP contribution in [0.15, 0.2) is 22.7 Å². The van der Waals surface area contributed by atoms with E-state index in [2.05, 4.69) is 48.0 Å². The van der Waals surface area contributed by atoms with Crippen molar-refractivity contribution in [3.8, 4) is 5.75 Å². The van der Waals surface area contributed by atoms with Crippen molar-refractivity contribution in [3.63, 3.8) is 0 Å². The van der Waals surface area contributed by atoms with Gasteiger partial charge in [0.05, 0.1) is 6.61 Å². The molecule has 0 bridgehead atoms. The third-order valence-corrected chi connectivity index (χ3v) is 3.90. The van der Waals surface area contributed by atoms with Crippen LogP contribution in [0.3, 0.4) is 0 Å². The van der Waals surface area contributed by atoms with Gasteiger partial charge >= 0.3 is 0 Å². The third kappa shape index (κ3) is 7.61. The fraction of sp³-hybridized carbons (Fsp3) is 0.647. The molecule has 0 atom stereocenters. The van der Waals surface area contributed by atoms with Crippen LogP contribution < -0.4 is 4.74 Å². The highest BCUT2D eigenvalue weighted by molar-refractivity contribution is 9.10. The number of hydrogen-bond acceptors (Lipinski definition) is 1. The van der Waals surface area contributed by atoms with Crippen LogP contribution in [-0.2, 0) is 0 Å². The first-order valence-electron chi connectivity index (χ1n) is 7.63. The number of benzene rings is 1. The Morgan fingerprint density at radius 1 is 0.947 bits per heavy atom. The normalized spacial score (nSPS) is 10.7. The summed E-state index contributed by atoms with van der Waals surface area (Å²) in [5.74, 6) is 1.01. The van der Waals surface area contributed by atoms with E-state index in [0.717, 1.165) is 16.8 Å². The first-order chi connectivity index (χ1) is 9.24. The van der Waals surface area contributed by atoms with Gasteiger partial charge < -0.3 is 4.74 Å². The maximum Gasteiger partial charge on any atom is 0.123 e. The van der Waals surface area contributed by atoms with Gasteiger partial charge in [0.1, 0.15) is 5.75 Å². The molecule has 0 radical (unpaired) electrons. The predicted octanol–water partition coefficient (Wildman–Crippen LogP) is 6.28. The highest BCUT2D eigenvalue weighted by Gasteiger charge is 2.00. The van der Waals surface area contributed by atoms with Crippen LogP contribution in [0.5, 0.6) is 5.75 Å². The summed E-state index contributed by atoms with van der Waals surface area (Å²) >= 11 is 3.48. The fourth-order valence-electron chi connectivity index (χ4n) is 2.15. The zero-order chi connectivity index (χ0) is 13.9. The molecule has 0 saturated carbocycles. The molecule has 0 aliphatic carbocycles. The van der Waals surface area contributed by atoms with Crippen molar-refractivity contribution < 1.29 is 4.74 Å². The van der Waals surface area contributed by atoms with Crippen molar-refractivity contribution >= 4 is 15.9 Å². The lowest BCUT2D eigenvalue weighted by Crippen LogP contribution is -1.98. The van der Waals surface area contributed by atoms with Crippen LogP contribution in [0.2, 0.25) is 0 Å². The Labute approximate surface area is 126 Å². The second-order valence-electron chi connectivity index (χ2n) is 5.23. The van der Waals surface area contributed by atoms with E-state index in [4.69, 9.17) is 4.74 Å². The number of rotatable bonds is 10. The van der Waals surface area contributed by atoms with Crippen molar-refractivity contribution in [2.75, 3.05) is 6.61 Å². The molecule has 0 unspecified atom stereocenters. The summed E-state index contributed by atoms with van der Waals surface area (Å²) in [6, 6.07) is 6.20. The first-order valence-corrected chi connectivity index (χ1v) is 8.42. The molecular weight excluding hydrogens is 300 g/mol. The van der Waals surface area contributed by atoms with Crippen LogP contribution in [-0.4, -0.2) is 6.61 Å². The van der Waals surface area contributed by atoms with Gasteiger partial charge in [-0.25, -0.2) is 0 Å². The van der Waals surface area contributed by atoms with Gasteiger partial charge in [-0.3, -0.25) is 0 Å². The number of unbranched alkanes of at least 4 members (excludes halogenated alkanes) is 7. The lowest BCUT2D eigenvalue weighted by molar-refractivity contribution is 0.302. The topological polar surface area (TPSA) is 9.23 Å². The molecule has 19 heavy (non-hydrogen) atoms. The lowest BCUT2D eigenvalue weighted by atomic mass is 10.1. The molecule has 0 amide bonds. The second kappa shape index (κ2) is 10.3. The number of halogens is 1. The Bertz CT molecular complexity index is 349. The molecule has 2 heteroatoms. The summed E-state index contributed by atoms with van der Waals surface area (Å²) in [4.78, 5) is 0. The Kier molecular flexibility index (Phi) is 8.98. The minimum absolute atomic E-state index is 0.840. The van der Waals surface area contributed by atoms with Gasteiger partial charge in [0.2, 0.25) is 0 Å². The zero-order valence-electron chi connectivity index (χ0n) is 12.4. The summed E-state index contributed by atoms with van der Waals surface area (Å²) in [7, 11) is 0. The highest BCUT2D eigenvalue weighted by atomic mass is 79.9. The molecule has 1 nitrogen and oxygen atoms in total. The van der Waals surface area contributed by atoms with E-state index < -0.39 is 0 Å². The summed E-state index contributed by atoms with van der Waals surface area (Å²) in [5.41, 5.74) is 1.21. The predicted molar refractivity (Wildman–Crippen MR) is 87.0 cm³/mol. The van der Waals surface area contributed by atoms with E-state index in [9.17, 15) is 0 Å². The Morgan fingerprint density at radius 3 is 2.26 bits per heavy atom. The molecule has 1 aromatic carbocycles. The van der Waals surface area contributed by atoms with Gasteiger partial charge in [-0.05, 0) is 31.0 Å². The van der Waals surface area contributed by atoms with E-state index in [-0.39, 0.29) is 0 Å². The molecule has 0 saturated heterocycles. The Balaban J connectivity index is 2.03. The van der Waals surface area contributed by atoms with E-state index in [1.165, 1.54) is 56.9 Å². The smallest absolute Gasteiger partial charge is 0.123 e. The third-order valence-electron chi connectivity index (χ3n) is 3.41. The first kappa shape index (κ1) is 16.6. The van der Waals surface area contributed by atoms with Crippen LogP contribution >= 0.6 is 15.9 Å². The minimum Gasteiger partial charge on any atom is -0.493 e. The minimum atomic E-state index is 0.840. The molecule has 108 valence electrons. The Morgan fingerprint density at radius 2 is 1.58 bits per heavy atom. The van der Waals surface area contributed by atoms with Crippen LogP contribution in [0.1, 0.15) is 63.9 Å². The molecule has 0 N–H and O–H groups in total. The SMILES string of the molecule is CCCCCCCCCCOc1cc(Br)ccc1C. The van der Waals surface area contributed by atoms with Crippen molar-refractivity contribution in [2.45, 2.75) is 65.2 Å². The molecule has 0 fully saturated rings. The molecule has 0 spiro atoms. The molecule has 0 aliphatic heterocycles. The maximum atomic E-state index is 5.83. The molecule has 0 heterocycles. The summed E-state index contributed by atoms with van der Waals surface area (Å²) in [5, 5.41) is 0. The summed E-state index contributed by atoms with van der Waals surface area (Å²) in [6.07, 6.45) is 10.7. The highest BCUT2D eigenvalue weighted by Crippen LogP contribution is 2.23. The molecule has 1 aromatic rings. The van der Waals surface area contributed by atoms with Gasteiger partial charge in [0.25, 0.3) is 0 Å². The van der Waals surface area contributed by atoms with Crippen LogP contribution in [0, 0.1) is 6.92 Å². The number of ether oxygens (including phenoxy) is 1. The van der Waals surface area contributed by atoms with Crippen molar-refractivity contribution in [1.29, 1.82) is 0 Å². The van der Waals surface area contributed by atoms with E-state index in [1.807, 2.05) is 0 Å². The summed E-state index contributed by atoms with van der Waals surface area (Å²) in [6.45, 7) is 5.20. The van der Waals surface area contributed by atoms with Gasteiger partial charge in [0.15, 0.2) is 0 Å². The standard InChI is InChI=1S/C17H27BrO/c1-3-4-5-6-7-8-9-10-13-19-17-14-16(18)12-11-15(17)2/h11-12,14H,3-10,13H2,1-2H3. The van der Waals surface area contributed by atoms with E-state index in [1.54, 1.807) is 0 Å². The summed E-state index contributed by atoms with van der Waals surface area (Å²) < 4.78 is 6.92. The average Bonchev–Trinajstić information content (AvgIpc) is 2.40. The van der Waals surface area contributed by atoms with Crippen LogP contribution in [0.4, 0.5) is 0 Å². The Hall–Kier alpha value is -0.500. The van der Waals surface area contributed by atoms with Crippen LogP contribution in [0.25, 0.3) is 0 Å². The maximum absolute atomic E-state index is 5.83. The van der Waals surface area contributed by atoms with Gasteiger partial charge in [-0.2, -0.15) is 0 Å². The van der Waals surface area contributed by atoms with Gasteiger partial charge in [0, 0.05) is 4.47 Å². The second-order valence-corrected chi connectivity index (χ2v) is 6.15. The van der Waals surface area contributed by atoms with Crippen molar-refractivity contribution in [1.82, 2.24) is 0 Å². The fourth-order valence-corrected chi connectivity index (χ4v) is 2.49. The largest absolute Gasteiger partial charge is 0.493 e. The van der Waals surface area contributed by atoms with Crippen molar-refractivity contribution in [2.24, 2.45) is 0 Å². The van der Waals surface area contributed by atoms with Crippen molar-refractivity contribution in [3.05, 3.63) is 28.2 Å². The van der Waals surface area contributed by atoms with Gasteiger partial charge in [-0.1, -0.05) is 73.9 Å². The molecule has 0 aromatic heterocycles. The number of aryl methyl sites for hydroxylation is 1. The molecule has 1 rings (SSSR count). The monoisotopic (exact) mass is 326 g/mol.